The molecule has 0 saturated carbocycles. The van der Waals surface area contributed by atoms with Crippen LogP contribution in [0.1, 0.15) is 32.0 Å². The maximum atomic E-state index is 15.0. The maximum absolute atomic E-state index is 15.0. The van der Waals surface area contributed by atoms with Crippen LogP contribution in [-0.2, 0) is 6.54 Å². The summed E-state index contributed by atoms with van der Waals surface area (Å²) < 4.78 is 16.7. The van der Waals surface area contributed by atoms with E-state index in [1.54, 1.807) is 29.9 Å². The summed E-state index contributed by atoms with van der Waals surface area (Å²) >= 11 is 0. The number of carbonyl (C=O) groups is 2. The van der Waals surface area contributed by atoms with E-state index in [4.69, 9.17) is 0 Å². The minimum absolute atomic E-state index is 0.141. The van der Waals surface area contributed by atoms with E-state index in [1.165, 1.54) is 18.3 Å². The Morgan fingerprint density at radius 1 is 0.930 bits per heavy atom. The van der Waals surface area contributed by atoms with Crippen molar-refractivity contribution in [1.29, 1.82) is 0 Å². The average molecular weight is 578 g/mol. The van der Waals surface area contributed by atoms with E-state index in [2.05, 4.69) is 37.4 Å². The third-order valence-corrected chi connectivity index (χ3v) is 7.82. The Hall–Kier alpha value is -5.09. The second-order valence-corrected chi connectivity index (χ2v) is 10.7. The fourth-order valence-corrected chi connectivity index (χ4v) is 5.32. The highest BCUT2D eigenvalue weighted by molar-refractivity contribution is 6.05. The van der Waals surface area contributed by atoms with Crippen LogP contribution < -0.4 is 15.5 Å². The average Bonchev–Trinajstić information content (AvgIpc) is 3.46. The molecule has 1 aliphatic rings. The van der Waals surface area contributed by atoms with Gasteiger partial charge < -0.3 is 20.4 Å². The summed E-state index contributed by atoms with van der Waals surface area (Å²) in [6.07, 6.45) is 6.73. The number of fused-ring (bicyclic) bond motifs is 1. The number of nitrogens with one attached hydrogen (secondary N) is 2. The number of likely N-dealkylation sites (N-methyl/N-ethyl adjacent to an activating group) is 1. The second-order valence-electron chi connectivity index (χ2n) is 10.7. The summed E-state index contributed by atoms with van der Waals surface area (Å²) in [7, 11) is 2.10. The molecule has 1 fully saturated rings. The van der Waals surface area contributed by atoms with Gasteiger partial charge in [-0.15, -0.1) is 0 Å². The second kappa shape index (κ2) is 12.0. The molecule has 6 rings (SSSR count). The molecule has 0 unspecified atom stereocenters. The van der Waals surface area contributed by atoms with E-state index in [0.717, 1.165) is 48.6 Å². The number of hydrogen-bond acceptors (Lipinski definition) is 6. The van der Waals surface area contributed by atoms with Crippen LogP contribution in [0.3, 0.4) is 0 Å². The Balaban J connectivity index is 1.17. The van der Waals surface area contributed by atoms with Gasteiger partial charge in [0.25, 0.3) is 11.8 Å². The molecule has 2 N–H and O–H groups in total. The molecule has 2 amide bonds. The molecule has 9 nitrogen and oxygen atoms in total. The zero-order valence-corrected chi connectivity index (χ0v) is 24.0. The summed E-state index contributed by atoms with van der Waals surface area (Å²) in [4.78, 5) is 39.6. The summed E-state index contributed by atoms with van der Waals surface area (Å²) in [6.45, 7) is 5.65. The predicted molar refractivity (Wildman–Crippen MR) is 165 cm³/mol. The van der Waals surface area contributed by atoms with Gasteiger partial charge in [-0.2, -0.15) is 0 Å². The fraction of sp³-hybridized carbons (Fsp3) is 0.212. The number of hydrogen-bond donors (Lipinski definition) is 2. The highest BCUT2D eigenvalue weighted by Crippen LogP contribution is 2.25. The summed E-state index contributed by atoms with van der Waals surface area (Å²) in [5.74, 6) is -1.64. The number of imidazole rings is 1. The molecule has 0 radical (unpaired) electrons. The lowest BCUT2D eigenvalue weighted by Gasteiger charge is -2.35. The molecule has 1 aliphatic heterocycles. The standard InChI is InChI=1S/C33H32FN7O2/c1-22-16-27(34)26(32(42)37-20-25-6-3-4-8-29(25)40-14-12-39(2)13-15-40)18-28(22)38-33(43)30-21-36-31-17-23(9-11-41(30)31)24-7-5-10-35-19-24/h3-11,16-19,21H,12-15,20H2,1-2H3,(H,37,42)(H,38,43). The molecule has 0 bridgehead atoms. The van der Waals surface area contributed by atoms with Crippen molar-refractivity contribution in [3.05, 3.63) is 114 Å². The van der Waals surface area contributed by atoms with Gasteiger partial charge in [0.1, 0.15) is 17.2 Å². The van der Waals surface area contributed by atoms with Crippen molar-refractivity contribution >= 4 is 28.8 Å². The minimum Gasteiger partial charge on any atom is -0.369 e. The van der Waals surface area contributed by atoms with Gasteiger partial charge in [-0.3, -0.25) is 19.0 Å². The normalized spacial score (nSPS) is 13.7. The van der Waals surface area contributed by atoms with Crippen LogP contribution in [0.25, 0.3) is 16.8 Å². The van der Waals surface area contributed by atoms with Crippen molar-refractivity contribution < 1.29 is 14.0 Å². The van der Waals surface area contributed by atoms with Crippen LogP contribution >= 0.6 is 0 Å². The lowest BCUT2D eigenvalue weighted by atomic mass is 10.1. The number of pyridine rings is 2. The van der Waals surface area contributed by atoms with E-state index in [1.807, 2.05) is 48.5 Å². The highest BCUT2D eigenvalue weighted by Gasteiger charge is 2.20. The van der Waals surface area contributed by atoms with Gasteiger partial charge in [-0.1, -0.05) is 24.3 Å². The van der Waals surface area contributed by atoms with Gasteiger partial charge in [-0.25, -0.2) is 9.37 Å². The quantitative estimate of drug-likeness (QED) is 0.289. The molecule has 0 spiro atoms. The molecular formula is C33H32FN7O2. The smallest absolute Gasteiger partial charge is 0.274 e. The van der Waals surface area contributed by atoms with Gasteiger partial charge in [0.2, 0.25) is 0 Å². The Labute approximate surface area is 249 Å². The lowest BCUT2D eigenvalue weighted by molar-refractivity contribution is 0.0945. The number of amides is 2. The number of nitrogens with zero attached hydrogens (tertiary/aromatic N) is 5. The predicted octanol–water partition coefficient (Wildman–Crippen LogP) is 4.78. The van der Waals surface area contributed by atoms with Crippen LogP contribution in [0.5, 0.6) is 0 Å². The Bertz CT molecular complexity index is 1800. The number of halogens is 1. The van der Waals surface area contributed by atoms with Gasteiger partial charge in [-0.05, 0) is 67.1 Å². The Morgan fingerprint density at radius 2 is 1.74 bits per heavy atom. The molecule has 1 saturated heterocycles. The summed E-state index contributed by atoms with van der Waals surface area (Å²) in [5.41, 5.74) is 5.49. The van der Waals surface area contributed by atoms with Crippen molar-refractivity contribution in [2.75, 3.05) is 43.4 Å². The number of aromatic nitrogens is 3. The first-order chi connectivity index (χ1) is 20.9. The van der Waals surface area contributed by atoms with Crippen molar-refractivity contribution in [3.63, 3.8) is 0 Å². The van der Waals surface area contributed by atoms with Crippen LogP contribution in [0.4, 0.5) is 15.8 Å². The van der Waals surface area contributed by atoms with Gasteiger partial charge >= 0.3 is 0 Å². The minimum atomic E-state index is -0.655. The number of piperazine rings is 1. The first-order valence-electron chi connectivity index (χ1n) is 14.2. The van der Waals surface area contributed by atoms with Gasteiger partial charge in [0.05, 0.1) is 11.8 Å². The van der Waals surface area contributed by atoms with Crippen LogP contribution in [0, 0.1) is 12.7 Å². The van der Waals surface area contributed by atoms with Crippen molar-refractivity contribution in [2.24, 2.45) is 0 Å². The maximum Gasteiger partial charge on any atom is 0.274 e. The SMILES string of the molecule is Cc1cc(F)c(C(=O)NCc2ccccc2N2CCN(C)CC2)cc1NC(=O)c1cnc2cc(-c3cccnc3)ccn12. The zero-order chi connectivity index (χ0) is 29.9. The van der Waals surface area contributed by atoms with E-state index in [0.29, 0.717) is 22.6 Å². The third kappa shape index (κ3) is 5.96. The molecule has 0 aliphatic carbocycles. The molecule has 4 heterocycles. The fourth-order valence-electron chi connectivity index (χ4n) is 5.32. The monoisotopic (exact) mass is 577 g/mol. The molecule has 3 aromatic heterocycles. The first kappa shape index (κ1) is 28.0. The van der Waals surface area contributed by atoms with Crippen LogP contribution in [0.2, 0.25) is 0 Å². The molecule has 0 atom stereocenters. The van der Waals surface area contributed by atoms with E-state index in [9.17, 15) is 9.59 Å². The lowest BCUT2D eigenvalue weighted by Crippen LogP contribution is -2.45. The number of carbonyl (C=O) groups excluding carboxylic acids is 2. The Morgan fingerprint density at radius 3 is 2.53 bits per heavy atom. The van der Waals surface area contributed by atoms with Gasteiger partial charge in [0.15, 0.2) is 0 Å². The molecule has 10 heteroatoms. The third-order valence-electron chi connectivity index (χ3n) is 7.82. The van der Waals surface area contributed by atoms with Crippen molar-refractivity contribution in [1.82, 2.24) is 24.6 Å². The summed E-state index contributed by atoms with van der Waals surface area (Å²) in [5, 5.41) is 5.70. The Kier molecular flexibility index (Phi) is 7.84. The van der Waals surface area contributed by atoms with E-state index < -0.39 is 17.6 Å². The van der Waals surface area contributed by atoms with Gasteiger partial charge in [0, 0.05) is 68.3 Å². The topological polar surface area (TPSA) is 94.9 Å². The largest absolute Gasteiger partial charge is 0.369 e. The molecular weight excluding hydrogens is 545 g/mol. The molecule has 218 valence electrons. The number of aryl methyl sites for hydroxylation is 1. The molecule has 5 aromatic rings. The van der Waals surface area contributed by atoms with Crippen molar-refractivity contribution in [2.45, 2.75) is 13.5 Å². The molecule has 2 aromatic carbocycles. The van der Waals surface area contributed by atoms with Crippen LogP contribution in [-0.4, -0.2) is 64.3 Å². The molecule has 43 heavy (non-hydrogen) atoms. The highest BCUT2D eigenvalue weighted by atomic mass is 19.1. The van der Waals surface area contributed by atoms with Crippen molar-refractivity contribution in [3.8, 4) is 11.1 Å². The van der Waals surface area contributed by atoms with E-state index >= 15 is 4.39 Å². The zero-order valence-electron chi connectivity index (χ0n) is 24.0. The van der Waals surface area contributed by atoms with Crippen LogP contribution in [0.15, 0.2) is 85.5 Å². The summed E-state index contributed by atoms with van der Waals surface area (Å²) in [6, 6.07) is 18.2. The number of anilines is 2. The number of rotatable bonds is 7. The first-order valence-corrected chi connectivity index (χ1v) is 14.2. The number of para-hydroxylation sites is 1. The van der Waals surface area contributed by atoms with E-state index in [-0.39, 0.29) is 12.1 Å². The number of benzene rings is 2.